The van der Waals surface area contributed by atoms with Crippen LogP contribution in [0.5, 0.6) is 5.75 Å². The molecule has 0 saturated carbocycles. The minimum atomic E-state index is 0.0669. The van der Waals surface area contributed by atoms with Crippen LogP contribution in [0.4, 0.5) is 0 Å². The molecule has 0 spiro atoms. The van der Waals surface area contributed by atoms with Crippen molar-refractivity contribution in [3.63, 3.8) is 0 Å². The largest absolute Gasteiger partial charge is 0.508 e. The van der Waals surface area contributed by atoms with Crippen LogP contribution in [-0.2, 0) is 6.42 Å². The van der Waals surface area contributed by atoms with Crippen molar-refractivity contribution < 1.29 is 10.3 Å². The van der Waals surface area contributed by atoms with Gasteiger partial charge in [-0.2, -0.15) is 0 Å². The molecule has 0 saturated heterocycles. The van der Waals surface area contributed by atoms with Gasteiger partial charge in [0, 0.05) is 5.56 Å². The van der Waals surface area contributed by atoms with E-state index in [1.807, 2.05) is 13.8 Å². The third-order valence-corrected chi connectivity index (χ3v) is 2.31. The maximum absolute atomic E-state index is 9.53. The van der Waals surface area contributed by atoms with Gasteiger partial charge in [-0.15, -0.1) is 0 Å². The van der Waals surface area contributed by atoms with Crippen molar-refractivity contribution in [1.82, 2.24) is 0 Å². The van der Waals surface area contributed by atoms with Crippen molar-refractivity contribution >= 4 is 5.84 Å². The number of hydrogen-bond acceptors (Lipinski definition) is 3. The van der Waals surface area contributed by atoms with E-state index < -0.39 is 0 Å². The standard InChI is InChI=1S/C10H14N2O2/c1-3-7-6(2)8(10(11)12-14)4-5-9(7)13/h4-5,13-14H,3H2,1-2H3,(H2,11,12). The van der Waals surface area contributed by atoms with E-state index in [9.17, 15) is 5.11 Å². The molecule has 0 fully saturated rings. The van der Waals surface area contributed by atoms with Gasteiger partial charge in [0.05, 0.1) is 0 Å². The molecule has 0 amide bonds. The van der Waals surface area contributed by atoms with E-state index >= 15 is 0 Å². The Labute approximate surface area is 82.7 Å². The predicted octanol–water partition coefficient (Wildman–Crippen LogP) is 1.36. The molecule has 1 aromatic rings. The molecule has 0 radical (unpaired) electrons. The lowest BCUT2D eigenvalue weighted by atomic mass is 9.99. The summed E-state index contributed by atoms with van der Waals surface area (Å²) in [5, 5.41) is 21.0. The summed E-state index contributed by atoms with van der Waals surface area (Å²) in [6.45, 7) is 3.78. The van der Waals surface area contributed by atoms with Crippen LogP contribution in [0.25, 0.3) is 0 Å². The minimum Gasteiger partial charge on any atom is -0.508 e. The van der Waals surface area contributed by atoms with Crippen LogP contribution >= 0.6 is 0 Å². The van der Waals surface area contributed by atoms with Crippen molar-refractivity contribution in [2.24, 2.45) is 10.9 Å². The van der Waals surface area contributed by atoms with Gasteiger partial charge >= 0.3 is 0 Å². The minimum absolute atomic E-state index is 0.0669. The molecule has 0 aliphatic carbocycles. The quantitative estimate of drug-likeness (QED) is 0.288. The van der Waals surface area contributed by atoms with Gasteiger partial charge in [-0.05, 0) is 36.6 Å². The summed E-state index contributed by atoms with van der Waals surface area (Å²) in [6.07, 6.45) is 0.713. The molecule has 4 N–H and O–H groups in total. The van der Waals surface area contributed by atoms with Gasteiger partial charge in [0.1, 0.15) is 5.75 Å². The van der Waals surface area contributed by atoms with E-state index in [0.717, 1.165) is 11.1 Å². The molecular formula is C10H14N2O2. The molecule has 4 heteroatoms. The third-order valence-electron chi connectivity index (χ3n) is 2.31. The van der Waals surface area contributed by atoms with Crippen LogP contribution in [0.15, 0.2) is 17.3 Å². The Bertz CT molecular complexity index is 373. The molecule has 76 valence electrons. The second kappa shape index (κ2) is 4.00. The Balaban J connectivity index is 3.35. The zero-order valence-electron chi connectivity index (χ0n) is 8.28. The Morgan fingerprint density at radius 3 is 2.64 bits per heavy atom. The number of nitrogens with two attached hydrogens (primary N) is 1. The monoisotopic (exact) mass is 194 g/mol. The molecule has 0 bridgehead atoms. The lowest BCUT2D eigenvalue weighted by Crippen LogP contribution is -2.15. The van der Waals surface area contributed by atoms with Gasteiger partial charge in [0.15, 0.2) is 5.84 Å². The fraction of sp³-hybridized carbons (Fsp3) is 0.300. The fourth-order valence-corrected chi connectivity index (χ4v) is 1.52. The second-order valence-corrected chi connectivity index (χ2v) is 3.07. The van der Waals surface area contributed by atoms with Gasteiger partial charge in [0.2, 0.25) is 0 Å². The highest BCUT2D eigenvalue weighted by atomic mass is 16.4. The van der Waals surface area contributed by atoms with Crippen LogP contribution < -0.4 is 5.73 Å². The molecular weight excluding hydrogens is 180 g/mol. The Morgan fingerprint density at radius 1 is 1.50 bits per heavy atom. The van der Waals surface area contributed by atoms with Crippen LogP contribution in [-0.4, -0.2) is 16.1 Å². The number of rotatable bonds is 2. The molecule has 0 heterocycles. The summed E-state index contributed by atoms with van der Waals surface area (Å²) in [7, 11) is 0. The van der Waals surface area contributed by atoms with Crippen molar-refractivity contribution in [3.05, 3.63) is 28.8 Å². The van der Waals surface area contributed by atoms with Crippen LogP contribution in [0.2, 0.25) is 0 Å². The summed E-state index contributed by atoms with van der Waals surface area (Å²) in [5.74, 6) is 0.316. The number of phenolic OH excluding ortho intramolecular Hbond substituents is 1. The molecule has 1 rings (SSSR count). The van der Waals surface area contributed by atoms with Crippen molar-refractivity contribution in [1.29, 1.82) is 0 Å². The number of amidine groups is 1. The molecule has 0 aliphatic rings. The SMILES string of the molecule is CCc1c(O)ccc(C(N)=NO)c1C. The van der Waals surface area contributed by atoms with Gasteiger partial charge in [-0.1, -0.05) is 12.1 Å². The fourth-order valence-electron chi connectivity index (χ4n) is 1.52. The lowest BCUT2D eigenvalue weighted by Gasteiger charge is -2.10. The smallest absolute Gasteiger partial charge is 0.170 e. The first-order chi connectivity index (χ1) is 6.61. The van der Waals surface area contributed by atoms with E-state index in [-0.39, 0.29) is 11.6 Å². The van der Waals surface area contributed by atoms with Crippen LogP contribution in [0.3, 0.4) is 0 Å². The van der Waals surface area contributed by atoms with E-state index in [1.165, 1.54) is 0 Å². The first-order valence-electron chi connectivity index (χ1n) is 4.41. The molecule has 0 atom stereocenters. The average molecular weight is 194 g/mol. The summed E-state index contributed by atoms with van der Waals surface area (Å²) < 4.78 is 0. The van der Waals surface area contributed by atoms with Crippen molar-refractivity contribution in [2.45, 2.75) is 20.3 Å². The number of hydrogen-bond donors (Lipinski definition) is 3. The molecule has 1 aromatic carbocycles. The zero-order valence-corrected chi connectivity index (χ0v) is 8.28. The summed E-state index contributed by atoms with van der Waals surface area (Å²) in [4.78, 5) is 0. The summed E-state index contributed by atoms with van der Waals surface area (Å²) in [5.41, 5.74) is 7.82. The van der Waals surface area contributed by atoms with Gasteiger partial charge < -0.3 is 16.0 Å². The highest BCUT2D eigenvalue weighted by Gasteiger charge is 2.10. The molecule has 0 aliphatic heterocycles. The van der Waals surface area contributed by atoms with Gasteiger partial charge in [-0.25, -0.2) is 0 Å². The van der Waals surface area contributed by atoms with Crippen LogP contribution in [0.1, 0.15) is 23.6 Å². The number of oxime groups is 1. The molecule has 4 nitrogen and oxygen atoms in total. The molecule has 0 unspecified atom stereocenters. The van der Waals surface area contributed by atoms with Crippen molar-refractivity contribution in [2.75, 3.05) is 0 Å². The maximum atomic E-state index is 9.53. The van der Waals surface area contributed by atoms with Crippen molar-refractivity contribution in [3.8, 4) is 5.75 Å². The highest BCUT2D eigenvalue weighted by Crippen LogP contribution is 2.24. The number of phenols is 1. The normalized spacial score (nSPS) is 11.7. The van der Waals surface area contributed by atoms with E-state index in [2.05, 4.69) is 5.16 Å². The average Bonchev–Trinajstić information content (AvgIpc) is 2.18. The number of benzene rings is 1. The zero-order chi connectivity index (χ0) is 10.7. The maximum Gasteiger partial charge on any atom is 0.170 e. The van der Waals surface area contributed by atoms with Gasteiger partial charge in [0.25, 0.3) is 0 Å². The number of aromatic hydroxyl groups is 1. The number of nitrogens with zero attached hydrogens (tertiary/aromatic N) is 1. The van der Waals surface area contributed by atoms with E-state index in [0.29, 0.717) is 12.0 Å². The van der Waals surface area contributed by atoms with Crippen LogP contribution in [0, 0.1) is 6.92 Å². The van der Waals surface area contributed by atoms with E-state index in [1.54, 1.807) is 12.1 Å². The predicted molar refractivity (Wildman–Crippen MR) is 54.7 cm³/mol. The Morgan fingerprint density at radius 2 is 2.14 bits per heavy atom. The van der Waals surface area contributed by atoms with Gasteiger partial charge in [-0.3, -0.25) is 0 Å². The molecule has 14 heavy (non-hydrogen) atoms. The molecule has 0 aromatic heterocycles. The second-order valence-electron chi connectivity index (χ2n) is 3.07. The third kappa shape index (κ3) is 1.64. The lowest BCUT2D eigenvalue weighted by molar-refractivity contribution is 0.318. The highest BCUT2D eigenvalue weighted by molar-refractivity contribution is 5.98. The topological polar surface area (TPSA) is 78.8 Å². The first-order valence-corrected chi connectivity index (χ1v) is 4.41. The summed E-state index contributed by atoms with van der Waals surface area (Å²) in [6, 6.07) is 3.19. The Hall–Kier alpha value is -1.71. The Kier molecular flexibility index (Phi) is 2.96. The van der Waals surface area contributed by atoms with E-state index in [4.69, 9.17) is 10.9 Å². The summed E-state index contributed by atoms with van der Waals surface area (Å²) >= 11 is 0. The first kappa shape index (κ1) is 10.4.